The fraction of sp³-hybridized carbons (Fsp3) is 0.182. The summed E-state index contributed by atoms with van der Waals surface area (Å²) >= 11 is 0. The Bertz CT molecular complexity index is 1070. The molecule has 0 aliphatic carbocycles. The number of carbonyl (C=O) groups excluding carboxylic acids is 2. The molecule has 0 bridgehead atoms. The second-order valence-corrected chi connectivity index (χ2v) is 6.58. The van der Waals surface area contributed by atoms with Gasteiger partial charge in [-0.3, -0.25) is 19.7 Å². The molecule has 0 radical (unpaired) electrons. The quantitative estimate of drug-likeness (QED) is 0.239. The molecule has 8 heteroatoms. The van der Waals surface area contributed by atoms with E-state index in [-0.39, 0.29) is 18.7 Å². The highest BCUT2D eigenvalue weighted by Crippen LogP contribution is 2.23. The molecule has 0 saturated carbocycles. The minimum atomic E-state index is -0.506. The van der Waals surface area contributed by atoms with Crippen molar-refractivity contribution in [1.29, 1.82) is 0 Å². The molecule has 0 heterocycles. The van der Waals surface area contributed by atoms with Gasteiger partial charge < -0.3 is 15.4 Å². The molecule has 0 fully saturated rings. The number of nitrogens with zero attached hydrogens (tertiary/aromatic N) is 1. The van der Waals surface area contributed by atoms with Crippen LogP contribution in [0.25, 0.3) is 10.8 Å². The van der Waals surface area contributed by atoms with Crippen LogP contribution in [0.1, 0.15) is 12.8 Å². The molecule has 0 unspecified atom stereocenters. The smallest absolute Gasteiger partial charge is 0.306 e. The van der Waals surface area contributed by atoms with Gasteiger partial charge >= 0.3 is 5.97 Å². The number of fused-ring (bicyclic) bond motifs is 1. The van der Waals surface area contributed by atoms with Gasteiger partial charge in [0.2, 0.25) is 0 Å². The van der Waals surface area contributed by atoms with E-state index < -0.39 is 16.8 Å². The van der Waals surface area contributed by atoms with E-state index in [0.717, 1.165) is 10.8 Å². The third kappa shape index (κ3) is 5.78. The first-order valence-corrected chi connectivity index (χ1v) is 9.44. The van der Waals surface area contributed by atoms with Crippen molar-refractivity contribution in [3.05, 3.63) is 76.8 Å². The highest BCUT2D eigenvalue weighted by molar-refractivity contribution is 5.95. The lowest BCUT2D eigenvalue weighted by Crippen LogP contribution is -2.21. The first kappa shape index (κ1) is 20.8. The summed E-state index contributed by atoms with van der Waals surface area (Å²) in [6, 6.07) is 19.6. The summed E-state index contributed by atoms with van der Waals surface area (Å²) < 4.78 is 4.99. The Morgan fingerprint density at radius 2 is 1.70 bits per heavy atom. The van der Waals surface area contributed by atoms with E-state index in [1.54, 1.807) is 24.3 Å². The maximum Gasteiger partial charge on any atom is 0.306 e. The van der Waals surface area contributed by atoms with E-state index in [1.807, 2.05) is 36.4 Å². The molecule has 3 aromatic carbocycles. The molecule has 0 spiro atoms. The van der Waals surface area contributed by atoms with Crippen molar-refractivity contribution in [2.45, 2.75) is 12.8 Å². The SMILES string of the molecule is O=C(COC(=O)CCCNc1ccccc1[N+](=O)[O-])Nc1ccc2ccccc2c1. The second kappa shape index (κ2) is 10.0. The van der Waals surface area contributed by atoms with Crippen molar-refractivity contribution in [1.82, 2.24) is 0 Å². The third-order valence-electron chi connectivity index (χ3n) is 4.37. The van der Waals surface area contributed by atoms with E-state index in [9.17, 15) is 19.7 Å². The molecule has 0 aliphatic rings. The predicted octanol–water partition coefficient (Wildman–Crippen LogP) is 4.12. The third-order valence-corrected chi connectivity index (χ3v) is 4.37. The number of nitrogens with one attached hydrogen (secondary N) is 2. The zero-order chi connectivity index (χ0) is 21.3. The number of carbonyl (C=O) groups is 2. The molecule has 1 amide bonds. The monoisotopic (exact) mass is 407 g/mol. The molecule has 8 nitrogen and oxygen atoms in total. The highest BCUT2D eigenvalue weighted by Gasteiger charge is 2.12. The minimum absolute atomic E-state index is 0.0227. The average Bonchev–Trinajstić information content (AvgIpc) is 2.75. The van der Waals surface area contributed by atoms with Crippen LogP contribution in [0.15, 0.2) is 66.7 Å². The van der Waals surface area contributed by atoms with Crippen LogP contribution < -0.4 is 10.6 Å². The van der Waals surface area contributed by atoms with Crippen LogP contribution in [0, 0.1) is 10.1 Å². The van der Waals surface area contributed by atoms with E-state index in [4.69, 9.17) is 4.74 Å². The van der Waals surface area contributed by atoms with Crippen molar-refractivity contribution < 1.29 is 19.2 Å². The molecule has 2 N–H and O–H groups in total. The number of amides is 1. The van der Waals surface area contributed by atoms with Gasteiger partial charge in [0.15, 0.2) is 6.61 Å². The van der Waals surface area contributed by atoms with Crippen LogP contribution in [-0.2, 0) is 14.3 Å². The first-order valence-electron chi connectivity index (χ1n) is 9.44. The number of nitro benzene ring substituents is 1. The number of benzene rings is 3. The highest BCUT2D eigenvalue weighted by atomic mass is 16.6. The summed E-state index contributed by atoms with van der Waals surface area (Å²) in [5.41, 5.74) is 1.000. The number of hydrogen-bond donors (Lipinski definition) is 2. The predicted molar refractivity (Wildman–Crippen MR) is 114 cm³/mol. The normalized spacial score (nSPS) is 10.4. The molecule has 0 aromatic heterocycles. The number of hydrogen-bond acceptors (Lipinski definition) is 6. The number of nitro groups is 1. The summed E-state index contributed by atoms with van der Waals surface area (Å²) in [5.74, 6) is -0.926. The van der Waals surface area contributed by atoms with Gasteiger partial charge in [0.25, 0.3) is 11.6 Å². The van der Waals surface area contributed by atoms with Crippen molar-refractivity contribution in [2.24, 2.45) is 0 Å². The minimum Gasteiger partial charge on any atom is -0.456 e. The van der Waals surface area contributed by atoms with Crippen LogP contribution in [-0.4, -0.2) is 30.0 Å². The van der Waals surface area contributed by atoms with Crippen molar-refractivity contribution in [3.63, 3.8) is 0 Å². The number of para-hydroxylation sites is 2. The van der Waals surface area contributed by atoms with Crippen LogP contribution in [0.3, 0.4) is 0 Å². The van der Waals surface area contributed by atoms with E-state index in [1.165, 1.54) is 6.07 Å². The fourth-order valence-corrected chi connectivity index (χ4v) is 2.92. The van der Waals surface area contributed by atoms with E-state index >= 15 is 0 Å². The first-order chi connectivity index (χ1) is 14.5. The van der Waals surface area contributed by atoms with Crippen LogP contribution in [0.4, 0.5) is 17.1 Å². The average molecular weight is 407 g/mol. The topological polar surface area (TPSA) is 111 Å². The van der Waals surface area contributed by atoms with Gasteiger partial charge in [-0.1, -0.05) is 42.5 Å². The molecular formula is C22H21N3O5. The number of anilines is 2. The molecular weight excluding hydrogens is 386 g/mol. The van der Waals surface area contributed by atoms with E-state index in [2.05, 4.69) is 10.6 Å². The molecule has 0 saturated heterocycles. The number of esters is 1. The molecule has 3 aromatic rings. The largest absolute Gasteiger partial charge is 0.456 e. The van der Waals surface area contributed by atoms with Gasteiger partial charge in [-0.25, -0.2) is 0 Å². The number of rotatable bonds is 9. The zero-order valence-electron chi connectivity index (χ0n) is 16.2. The molecule has 30 heavy (non-hydrogen) atoms. The van der Waals surface area contributed by atoms with Gasteiger partial charge in [0.1, 0.15) is 5.69 Å². The van der Waals surface area contributed by atoms with Gasteiger partial charge in [0, 0.05) is 24.7 Å². The van der Waals surface area contributed by atoms with Gasteiger partial charge in [-0.15, -0.1) is 0 Å². The van der Waals surface area contributed by atoms with Gasteiger partial charge in [0.05, 0.1) is 4.92 Å². The zero-order valence-corrected chi connectivity index (χ0v) is 16.2. The lowest BCUT2D eigenvalue weighted by atomic mass is 10.1. The number of ether oxygens (including phenoxy) is 1. The Morgan fingerprint density at radius 3 is 2.50 bits per heavy atom. The van der Waals surface area contributed by atoms with Crippen LogP contribution in [0.2, 0.25) is 0 Å². The summed E-state index contributed by atoms with van der Waals surface area (Å²) in [7, 11) is 0. The summed E-state index contributed by atoms with van der Waals surface area (Å²) in [6.07, 6.45) is 0.508. The fourth-order valence-electron chi connectivity index (χ4n) is 2.92. The maximum absolute atomic E-state index is 12.0. The van der Waals surface area contributed by atoms with Crippen LogP contribution in [0.5, 0.6) is 0 Å². The van der Waals surface area contributed by atoms with E-state index in [0.29, 0.717) is 24.3 Å². The van der Waals surface area contributed by atoms with Crippen molar-refractivity contribution >= 4 is 39.7 Å². The van der Waals surface area contributed by atoms with Gasteiger partial charge in [-0.2, -0.15) is 0 Å². The molecule has 0 aliphatic heterocycles. The molecule has 0 atom stereocenters. The lowest BCUT2D eigenvalue weighted by molar-refractivity contribution is -0.384. The Kier molecular flexibility index (Phi) is 6.94. The van der Waals surface area contributed by atoms with Crippen molar-refractivity contribution in [3.8, 4) is 0 Å². The molecule has 154 valence electrons. The summed E-state index contributed by atoms with van der Waals surface area (Å²) in [6.45, 7) is -0.00746. The van der Waals surface area contributed by atoms with Gasteiger partial charge in [-0.05, 0) is 35.4 Å². The summed E-state index contributed by atoms with van der Waals surface area (Å²) in [5, 5.41) is 18.7. The Balaban J connectivity index is 1.38. The summed E-state index contributed by atoms with van der Waals surface area (Å²) in [4.78, 5) is 34.3. The van der Waals surface area contributed by atoms with Crippen LogP contribution >= 0.6 is 0 Å². The lowest BCUT2D eigenvalue weighted by Gasteiger charge is -2.08. The standard InChI is InChI=1S/C22H21N3O5/c26-21(24-18-12-11-16-6-1-2-7-17(16)14-18)15-30-22(27)10-5-13-23-19-8-3-4-9-20(19)25(28)29/h1-4,6-9,11-12,14,23H,5,10,13,15H2,(H,24,26). The van der Waals surface area contributed by atoms with Crippen molar-refractivity contribution in [2.75, 3.05) is 23.8 Å². The second-order valence-electron chi connectivity index (χ2n) is 6.58. The Labute approximate surface area is 173 Å². The Morgan fingerprint density at radius 1 is 0.967 bits per heavy atom. The Hall–Kier alpha value is -3.94. The molecule has 3 rings (SSSR count). The maximum atomic E-state index is 12.0.